The fourth-order valence-corrected chi connectivity index (χ4v) is 4.67. The van der Waals surface area contributed by atoms with Crippen LogP contribution in [0.5, 0.6) is 0 Å². The summed E-state index contributed by atoms with van der Waals surface area (Å²) in [5.74, 6) is -1.36. The number of primary amides is 1. The Bertz CT molecular complexity index is 1110. The second kappa shape index (κ2) is 8.73. The van der Waals surface area contributed by atoms with Gasteiger partial charge in [-0.15, -0.1) is 0 Å². The zero-order valence-electron chi connectivity index (χ0n) is 15.1. The summed E-state index contributed by atoms with van der Waals surface area (Å²) >= 11 is 5.86. The number of hydrogen-bond acceptors (Lipinski definition) is 4. The van der Waals surface area contributed by atoms with Crippen LogP contribution in [0.2, 0.25) is 5.02 Å². The van der Waals surface area contributed by atoms with E-state index in [0.717, 1.165) is 6.07 Å². The number of sulfone groups is 1. The first kappa shape index (κ1) is 21.0. The number of benzene rings is 3. The van der Waals surface area contributed by atoms with Crippen LogP contribution in [0.25, 0.3) is 0 Å². The number of carbonyl (C=O) groups excluding carboxylic acids is 1. The summed E-state index contributed by atoms with van der Waals surface area (Å²) in [5, 5.41) is 1.76. The van der Waals surface area contributed by atoms with E-state index in [2.05, 4.69) is 5.32 Å². The van der Waals surface area contributed by atoms with Crippen LogP contribution in [0.15, 0.2) is 83.8 Å². The van der Waals surface area contributed by atoms with Crippen molar-refractivity contribution < 1.29 is 17.6 Å². The smallest absolute Gasteiger partial charge is 0.239 e. The number of carbonyl (C=O) groups is 1. The molecule has 3 N–H and O–H groups in total. The normalized spacial score (nSPS) is 13.6. The van der Waals surface area contributed by atoms with Crippen LogP contribution in [0, 0.1) is 5.82 Å². The SMILES string of the molecule is NC(=O)C(N[C@@H](c1cccc(F)c1)S(=O)(=O)c1ccc(Cl)cc1)c1ccccc1. The lowest BCUT2D eigenvalue weighted by atomic mass is 10.1. The summed E-state index contributed by atoms with van der Waals surface area (Å²) in [6.45, 7) is 0. The van der Waals surface area contributed by atoms with Gasteiger partial charge in [-0.25, -0.2) is 12.8 Å². The predicted molar refractivity (Wildman–Crippen MR) is 109 cm³/mol. The molecule has 3 aromatic rings. The molecule has 0 aliphatic carbocycles. The Hall–Kier alpha value is -2.74. The van der Waals surface area contributed by atoms with Crippen LogP contribution in [0.4, 0.5) is 4.39 Å². The molecule has 29 heavy (non-hydrogen) atoms. The van der Waals surface area contributed by atoms with Gasteiger partial charge in [-0.3, -0.25) is 10.1 Å². The summed E-state index contributed by atoms with van der Waals surface area (Å²) in [5.41, 5.74) is 6.17. The van der Waals surface area contributed by atoms with Gasteiger partial charge in [0.1, 0.15) is 17.2 Å². The second-order valence-electron chi connectivity index (χ2n) is 6.35. The highest BCUT2D eigenvalue weighted by atomic mass is 35.5. The number of amides is 1. The molecule has 0 aliphatic heterocycles. The van der Waals surface area contributed by atoms with E-state index < -0.39 is 33.0 Å². The number of halogens is 2. The van der Waals surface area contributed by atoms with E-state index in [9.17, 15) is 17.6 Å². The summed E-state index contributed by atoms with van der Waals surface area (Å²) < 4.78 is 40.6. The Morgan fingerprint density at radius 2 is 1.55 bits per heavy atom. The Morgan fingerprint density at radius 1 is 0.931 bits per heavy atom. The highest BCUT2D eigenvalue weighted by molar-refractivity contribution is 7.91. The van der Waals surface area contributed by atoms with Crippen molar-refractivity contribution in [2.45, 2.75) is 16.3 Å². The Morgan fingerprint density at radius 3 is 2.14 bits per heavy atom. The maximum Gasteiger partial charge on any atom is 0.239 e. The van der Waals surface area contributed by atoms with Crippen LogP contribution in [-0.2, 0) is 14.6 Å². The van der Waals surface area contributed by atoms with Gasteiger partial charge in [-0.05, 0) is 47.5 Å². The van der Waals surface area contributed by atoms with E-state index in [4.69, 9.17) is 17.3 Å². The first-order valence-electron chi connectivity index (χ1n) is 8.64. The largest absolute Gasteiger partial charge is 0.368 e. The predicted octanol–water partition coefficient (Wildman–Crippen LogP) is 3.77. The van der Waals surface area contributed by atoms with Gasteiger partial charge in [-0.1, -0.05) is 54.1 Å². The van der Waals surface area contributed by atoms with Crippen molar-refractivity contribution in [1.29, 1.82) is 0 Å². The van der Waals surface area contributed by atoms with Gasteiger partial charge in [0.15, 0.2) is 9.84 Å². The van der Waals surface area contributed by atoms with E-state index in [1.165, 1.54) is 42.5 Å². The summed E-state index contributed by atoms with van der Waals surface area (Å²) in [6, 6.07) is 18.2. The molecule has 1 amide bonds. The second-order valence-corrected chi connectivity index (χ2v) is 8.82. The number of nitrogens with two attached hydrogens (primary N) is 1. The molecule has 0 spiro atoms. The molecular weight excluding hydrogens is 415 g/mol. The Balaban J connectivity index is 2.10. The molecule has 5 nitrogen and oxygen atoms in total. The lowest BCUT2D eigenvalue weighted by Crippen LogP contribution is -2.39. The van der Waals surface area contributed by atoms with Gasteiger partial charge in [0.2, 0.25) is 5.91 Å². The van der Waals surface area contributed by atoms with E-state index in [1.807, 2.05) is 0 Å². The molecule has 0 saturated heterocycles. The van der Waals surface area contributed by atoms with Crippen LogP contribution >= 0.6 is 11.6 Å². The topological polar surface area (TPSA) is 89.3 Å². The minimum Gasteiger partial charge on any atom is -0.368 e. The molecule has 0 heterocycles. The van der Waals surface area contributed by atoms with Crippen LogP contribution < -0.4 is 11.1 Å². The van der Waals surface area contributed by atoms with Gasteiger partial charge in [0, 0.05) is 5.02 Å². The third-order valence-corrected chi connectivity index (χ3v) is 6.55. The highest BCUT2D eigenvalue weighted by Gasteiger charge is 2.33. The number of hydrogen-bond donors (Lipinski definition) is 2. The summed E-state index contributed by atoms with van der Waals surface area (Å²) in [7, 11) is -4.07. The lowest BCUT2D eigenvalue weighted by molar-refractivity contribution is -0.120. The Kier molecular flexibility index (Phi) is 6.32. The number of nitrogens with one attached hydrogen (secondary N) is 1. The average molecular weight is 433 g/mol. The third kappa shape index (κ3) is 4.82. The molecular formula is C21H18ClFN2O3S. The van der Waals surface area contributed by atoms with Crippen molar-refractivity contribution >= 4 is 27.3 Å². The first-order valence-corrected chi connectivity index (χ1v) is 10.6. The Labute approximate surface area is 173 Å². The molecule has 0 bridgehead atoms. The van der Waals surface area contributed by atoms with Gasteiger partial charge in [0.25, 0.3) is 0 Å². The van der Waals surface area contributed by atoms with E-state index in [1.54, 1.807) is 30.3 Å². The molecule has 3 rings (SSSR count). The molecule has 8 heteroatoms. The zero-order valence-corrected chi connectivity index (χ0v) is 16.7. The van der Waals surface area contributed by atoms with E-state index in [-0.39, 0.29) is 10.5 Å². The fourth-order valence-electron chi connectivity index (χ4n) is 2.93. The van der Waals surface area contributed by atoms with Crippen molar-refractivity contribution in [3.8, 4) is 0 Å². The molecule has 2 atom stereocenters. The van der Waals surface area contributed by atoms with Crippen molar-refractivity contribution in [1.82, 2.24) is 5.32 Å². The third-order valence-electron chi connectivity index (χ3n) is 4.34. The van der Waals surface area contributed by atoms with Gasteiger partial charge in [0.05, 0.1) is 4.90 Å². The van der Waals surface area contributed by atoms with Gasteiger partial charge < -0.3 is 5.73 Å². The van der Waals surface area contributed by atoms with Gasteiger partial charge >= 0.3 is 0 Å². The molecule has 0 aliphatic rings. The highest BCUT2D eigenvalue weighted by Crippen LogP contribution is 2.30. The summed E-state index contributed by atoms with van der Waals surface area (Å²) in [6.07, 6.45) is 0. The van der Waals surface area contributed by atoms with E-state index >= 15 is 0 Å². The maximum absolute atomic E-state index is 13.9. The number of rotatable bonds is 7. The standard InChI is InChI=1S/C21H18ClFN2O3S/c22-16-9-11-18(12-10-16)29(27,28)21(15-7-4-8-17(23)13-15)25-19(20(24)26)14-5-2-1-3-6-14/h1-13,19,21,25H,(H2,24,26)/t19?,21-/m1/s1. The molecule has 0 aromatic heterocycles. The van der Waals surface area contributed by atoms with Crippen molar-refractivity contribution in [3.05, 3.63) is 101 Å². The monoisotopic (exact) mass is 432 g/mol. The zero-order chi connectivity index (χ0) is 21.0. The molecule has 3 aromatic carbocycles. The minimum absolute atomic E-state index is 0.0278. The molecule has 150 valence electrons. The van der Waals surface area contributed by atoms with Crippen molar-refractivity contribution in [2.75, 3.05) is 0 Å². The lowest BCUT2D eigenvalue weighted by Gasteiger charge is -2.25. The van der Waals surface area contributed by atoms with Crippen LogP contribution in [-0.4, -0.2) is 14.3 Å². The minimum atomic E-state index is -4.07. The van der Waals surface area contributed by atoms with Crippen LogP contribution in [0.3, 0.4) is 0 Å². The average Bonchev–Trinajstić information content (AvgIpc) is 2.69. The van der Waals surface area contributed by atoms with Crippen LogP contribution in [0.1, 0.15) is 22.5 Å². The molecule has 0 radical (unpaired) electrons. The molecule has 1 unspecified atom stereocenters. The fraction of sp³-hybridized carbons (Fsp3) is 0.0952. The van der Waals surface area contributed by atoms with Gasteiger partial charge in [-0.2, -0.15) is 0 Å². The molecule has 0 saturated carbocycles. The quantitative estimate of drug-likeness (QED) is 0.594. The molecule has 0 fully saturated rings. The summed E-state index contributed by atoms with van der Waals surface area (Å²) in [4.78, 5) is 12.1. The van der Waals surface area contributed by atoms with E-state index in [0.29, 0.717) is 10.6 Å². The van der Waals surface area contributed by atoms with Crippen molar-refractivity contribution in [3.63, 3.8) is 0 Å². The first-order chi connectivity index (χ1) is 13.8. The van der Waals surface area contributed by atoms with Crippen molar-refractivity contribution in [2.24, 2.45) is 5.73 Å². The maximum atomic E-state index is 13.9.